The first-order valence-corrected chi connectivity index (χ1v) is 5.05. The maximum Gasteiger partial charge on any atom is 0.379 e. The first-order valence-electron chi connectivity index (χ1n) is 3.49. The quantitative estimate of drug-likeness (QED) is 0.738. The second-order valence-corrected chi connectivity index (χ2v) is 4.04. The Morgan fingerprint density at radius 1 is 1.31 bits per heavy atom. The molecule has 0 aliphatic heterocycles. The molecule has 0 N–H and O–H groups in total. The molecule has 5 heteroatoms. The summed E-state index contributed by atoms with van der Waals surface area (Å²) in [7, 11) is 0. The molecule has 0 spiro atoms. The molecule has 66 valence electrons. The first-order chi connectivity index (χ1) is 6.27. The van der Waals surface area contributed by atoms with E-state index in [4.69, 9.17) is 0 Å². The van der Waals surface area contributed by atoms with Gasteiger partial charge in [0, 0.05) is 21.6 Å². The van der Waals surface area contributed by atoms with Crippen LogP contribution < -0.4 is 5.11 Å². The molecule has 0 unspecified atom stereocenters. The molecule has 0 saturated heterocycles. The van der Waals surface area contributed by atoms with Crippen LogP contribution in [0, 0.1) is 0 Å². The lowest BCUT2D eigenvalue weighted by atomic mass is 10.2. The summed E-state index contributed by atoms with van der Waals surface area (Å²) in [6, 6.07) is 7.42. The van der Waals surface area contributed by atoms with Crippen molar-refractivity contribution in [1.29, 1.82) is 0 Å². The number of hydrogen-bond donors (Lipinski definition) is 0. The molecular formula is C8H4BrNO2S. The fourth-order valence-electron chi connectivity index (χ4n) is 0.940. The molecule has 0 radical (unpaired) electrons. The zero-order chi connectivity index (χ0) is 9.26. The highest BCUT2D eigenvalue weighted by atomic mass is 79.9. The van der Waals surface area contributed by atoms with Crippen molar-refractivity contribution in [2.45, 2.75) is 0 Å². The summed E-state index contributed by atoms with van der Waals surface area (Å²) < 4.78 is 8.89. The normalized spacial score (nSPS) is 10.2. The summed E-state index contributed by atoms with van der Waals surface area (Å²) in [6.07, 6.45) is 0. The van der Waals surface area contributed by atoms with Gasteiger partial charge < -0.3 is 4.52 Å². The van der Waals surface area contributed by atoms with Crippen molar-refractivity contribution in [3.63, 3.8) is 0 Å². The van der Waals surface area contributed by atoms with Gasteiger partial charge in [-0.1, -0.05) is 28.1 Å². The second kappa shape index (κ2) is 3.43. The van der Waals surface area contributed by atoms with Gasteiger partial charge in [-0.3, -0.25) is 0 Å². The molecule has 0 saturated carbocycles. The molecule has 1 aromatic heterocycles. The van der Waals surface area contributed by atoms with Crippen LogP contribution in [0.3, 0.4) is 0 Å². The van der Waals surface area contributed by atoms with Crippen LogP contribution in [0.15, 0.2) is 33.3 Å². The van der Waals surface area contributed by atoms with Crippen LogP contribution in [-0.2, 0) is 0 Å². The van der Waals surface area contributed by atoms with Crippen molar-refractivity contribution in [3.05, 3.63) is 28.7 Å². The smallest absolute Gasteiger partial charge is 0.301 e. The van der Waals surface area contributed by atoms with Crippen LogP contribution in [0.5, 0.6) is 5.95 Å². The standard InChI is InChI=1S/C8H4BrNO2S/c9-6-3-1-5(2-4-6)7-8(11)12-10-13-7/h1-4H. The molecule has 1 aromatic carbocycles. The van der Waals surface area contributed by atoms with E-state index in [0.717, 1.165) is 21.6 Å². The fraction of sp³-hybridized carbons (Fsp3) is 0. The molecule has 3 nitrogen and oxygen atoms in total. The van der Waals surface area contributed by atoms with E-state index in [9.17, 15) is 5.11 Å². The molecule has 2 aromatic rings. The van der Waals surface area contributed by atoms with E-state index in [1.54, 1.807) is 0 Å². The third kappa shape index (κ3) is 1.71. The number of halogens is 1. The Hall–Kier alpha value is -0.940. The Balaban J connectivity index is 2.47. The minimum Gasteiger partial charge on any atom is -0.301 e. The van der Waals surface area contributed by atoms with Gasteiger partial charge in [-0.2, -0.15) is 0 Å². The van der Waals surface area contributed by atoms with Crippen LogP contribution in [0.4, 0.5) is 0 Å². The number of nitrogens with zero attached hydrogens (tertiary/aromatic N) is 1. The highest BCUT2D eigenvalue weighted by Crippen LogP contribution is 2.31. The lowest BCUT2D eigenvalue weighted by Crippen LogP contribution is -1.87. The molecule has 0 amide bonds. The summed E-state index contributed by atoms with van der Waals surface area (Å²) in [5, 5.41) is 11.1. The maximum absolute atomic E-state index is 11.1. The molecule has 1 heterocycles. The Labute approximate surface area is 86.9 Å². The highest BCUT2D eigenvalue weighted by molar-refractivity contribution is 9.10. The first kappa shape index (κ1) is 8.65. The van der Waals surface area contributed by atoms with Crippen molar-refractivity contribution in [2.24, 2.45) is 0 Å². The van der Waals surface area contributed by atoms with Crippen LogP contribution in [-0.4, -0.2) is 4.55 Å². The van der Waals surface area contributed by atoms with Crippen molar-refractivity contribution in [3.8, 4) is 16.4 Å². The molecule has 0 aliphatic carbocycles. The molecule has 0 bridgehead atoms. The van der Waals surface area contributed by atoms with Gasteiger partial charge in [-0.25, -0.2) is 5.11 Å². The van der Waals surface area contributed by atoms with E-state index < -0.39 is 0 Å². The summed E-state index contributed by atoms with van der Waals surface area (Å²) in [5.41, 5.74) is 0.833. The minimum absolute atomic E-state index is 0.382. The summed E-state index contributed by atoms with van der Waals surface area (Å²) >= 11 is 4.38. The van der Waals surface area contributed by atoms with Crippen LogP contribution in [0.2, 0.25) is 0 Å². The SMILES string of the molecule is [O-]c1[o+]nsc1-c1ccc(Br)cc1. The van der Waals surface area contributed by atoms with E-state index in [2.05, 4.69) is 25.0 Å². The topological polar surface area (TPSA) is 47.2 Å². The molecule has 13 heavy (non-hydrogen) atoms. The number of rotatable bonds is 1. The largest absolute Gasteiger partial charge is 0.379 e. The van der Waals surface area contributed by atoms with Gasteiger partial charge in [0.1, 0.15) is 4.88 Å². The second-order valence-electron chi connectivity index (χ2n) is 2.38. The van der Waals surface area contributed by atoms with Crippen molar-refractivity contribution in [1.82, 2.24) is 4.55 Å². The van der Waals surface area contributed by atoms with E-state index in [1.165, 1.54) is 0 Å². The maximum atomic E-state index is 11.1. The Kier molecular flexibility index (Phi) is 2.28. The average Bonchev–Trinajstić information content (AvgIpc) is 2.53. The zero-order valence-corrected chi connectivity index (χ0v) is 8.76. The van der Waals surface area contributed by atoms with E-state index in [-0.39, 0.29) is 5.95 Å². The van der Waals surface area contributed by atoms with Gasteiger partial charge >= 0.3 is 5.95 Å². The van der Waals surface area contributed by atoms with Crippen molar-refractivity contribution >= 4 is 27.5 Å². The molecule has 0 fully saturated rings. The Morgan fingerprint density at radius 3 is 2.54 bits per heavy atom. The molecule has 0 atom stereocenters. The predicted octanol–water partition coefficient (Wildman–Crippen LogP) is 2.52. The number of hydrogen-bond acceptors (Lipinski definition) is 3. The van der Waals surface area contributed by atoms with Crippen LogP contribution in [0.25, 0.3) is 10.4 Å². The fourth-order valence-corrected chi connectivity index (χ4v) is 1.74. The van der Waals surface area contributed by atoms with Crippen molar-refractivity contribution < 1.29 is 9.63 Å². The van der Waals surface area contributed by atoms with Gasteiger partial charge in [0.25, 0.3) is 0 Å². The summed E-state index contributed by atoms with van der Waals surface area (Å²) in [6.45, 7) is 0. The Bertz CT molecular complexity index is 412. The zero-order valence-electron chi connectivity index (χ0n) is 6.36. The van der Waals surface area contributed by atoms with Gasteiger partial charge in [0.2, 0.25) is 0 Å². The van der Waals surface area contributed by atoms with Gasteiger partial charge in [-0.05, 0) is 16.7 Å². The average molecular weight is 258 g/mol. The highest BCUT2D eigenvalue weighted by Gasteiger charge is 2.11. The van der Waals surface area contributed by atoms with Gasteiger partial charge in [0.15, 0.2) is 0 Å². The monoisotopic (exact) mass is 257 g/mol. The third-order valence-electron chi connectivity index (χ3n) is 1.54. The Morgan fingerprint density at radius 2 is 2.00 bits per heavy atom. The molecular weight excluding hydrogens is 254 g/mol. The van der Waals surface area contributed by atoms with Crippen molar-refractivity contribution in [2.75, 3.05) is 0 Å². The molecule has 2 rings (SSSR count). The van der Waals surface area contributed by atoms with E-state index in [0.29, 0.717) is 4.88 Å². The lowest BCUT2D eigenvalue weighted by Gasteiger charge is -1.94. The van der Waals surface area contributed by atoms with E-state index >= 15 is 0 Å². The third-order valence-corrected chi connectivity index (χ3v) is 2.80. The number of benzene rings is 1. The minimum atomic E-state index is -0.382. The van der Waals surface area contributed by atoms with Gasteiger partial charge in [0.05, 0.1) is 0 Å². The summed E-state index contributed by atoms with van der Waals surface area (Å²) in [4.78, 5) is 0.535. The summed E-state index contributed by atoms with van der Waals surface area (Å²) in [5.74, 6) is -0.382. The van der Waals surface area contributed by atoms with Gasteiger partial charge in [-0.15, -0.1) is 0 Å². The van der Waals surface area contributed by atoms with E-state index in [1.807, 2.05) is 24.3 Å². The molecule has 0 aliphatic rings. The predicted molar refractivity (Wildman–Crippen MR) is 51.4 cm³/mol. The number of aromatic nitrogens is 1. The lowest BCUT2D eigenvalue weighted by molar-refractivity contribution is -0.296. The van der Waals surface area contributed by atoms with Crippen LogP contribution in [0.1, 0.15) is 0 Å². The van der Waals surface area contributed by atoms with Crippen LogP contribution >= 0.6 is 27.5 Å².